The summed E-state index contributed by atoms with van der Waals surface area (Å²) >= 11 is 0. The lowest BCUT2D eigenvalue weighted by Gasteiger charge is -2.22. The van der Waals surface area contributed by atoms with Crippen LogP contribution in [0.25, 0.3) is 0 Å². The van der Waals surface area contributed by atoms with Crippen molar-refractivity contribution in [3.63, 3.8) is 0 Å². The molecule has 0 saturated carbocycles. The molecule has 0 saturated heterocycles. The van der Waals surface area contributed by atoms with Crippen LogP contribution in [0.4, 0.5) is 0 Å². The Hall–Kier alpha value is -0.920. The zero-order valence-electron chi connectivity index (χ0n) is 11.4. The minimum Gasteiger partial charge on any atom is -0.345 e. The minimum atomic E-state index is -3.45. The first kappa shape index (κ1) is 15.1. The molecule has 0 aliphatic rings. The van der Waals surface area contributed by atoms with E-state index in [9.17, 15) is 8.42 Å². The molecule has 1 atom stereocenters. The third-order valence-electron chi connectivity index (χ3n) is 2.80. The highest BCUT2D eigenvalue weighted by Gasteiger charge is 2.24. The van der Waals surface area contributed by atoms with Crippen LogP contribution in [0, 0.1) is 6.92 Å². The Labute approximate surface area is 109 Å². The number of hydrogen-bond donors (Lipinski definition) is 2. The number of imidazole rings is 1. The fourth-order valence-corrected chi connectivity index (χ4v) is 3.23. The molecule has 0 amide bonds. The van der Waals surface area contributed by atoms with E-state index in [-0.39, 0.29) is 6.04 Å². The molecule has 6 nitrogen and oxygen atoms in total. The minimum absolute atomic E-state index is 0.315. The summed E-state index contributed by atoms with van der Waals surface area (Å²) in [6, 6.07) is -0.315. The van der Waals surface area contributed by atoms with Crippen LogP contribution in [0.2, 0.25) is 0 Å². The van der Waals surface area contributed by atoms with Crippen molar-refractivity contribution in [2.45, 2.75) is 40.2 Å². The van der Waals surface area contributed by atoms with Gasteiger partial charge >= 0.3 is 0 Å². The molecule has 0 aliphatic heterocycles. The smallest absolute Gasteiger partial charge is 0.280 e. The Kier molecular flexibility index (Phi) is 5.30. The first-order valence-corrected chi connectivity index (χ1v) is 7.67. The number of H-pyrrole nitrogens is 1. The van der Waals surface area contributed by atoms with Gasteiger partial charge < -0.3 is 4.98 Å². The summed E-state index contributed by atoms with van der Waals surface area (Å²) < 4.78 is 28.3. The molecule has 2 N–H and O–H groups in total. The molecule has 1 aromatic rings. The maximum absolute atomic E-state index is 12.1. The topological polar surface area (TPSA) is 78.1 Å². The van der Waals surface area contributed by atoms with Crippen molar-refractivity contribution in [2.24, 2.45) is 0 Å². The van der Waals surface area contributed by atoms with Crippen LogP contribution in [0.15, 0.2) is 6.20 Å². The average Bonchev–Trinajstić information content (AvgIpc) is 2.74. The second kappa shape index (κ2) is 6.31. The van der Waals surface area contributed by atoms with Crippen LogP contribution in [-0.2, 0) is 10.2 Å². The van der Waals surface area contributed by atoms with Crippen LogP contribution in [0.3, 0.4) is 0 Å². The zero-order valence-corrected chi connectivity index (χ0v) is 12.2. The lowest BCUT2D eigenvalue weighted by atomic mass is 10.2. The van der Waals surface area contributed by atoms with Gasteiger partial charge in [-0.25, -0.2) is 4.98 Å². The van der Waals surface area contributed by atoms with Gasteiger partial charge in [0.15, 0.2) is 0 Å². The molecule has 18 heavy (non-hydrogen) atoms. The van der Waals surface area contributed by atoms with E-state index in [1.165, 1.54) is 4.31 Å². The molecule has 104 valence electrons. The standard InChI is InChI=1S/C11H22N4O2S/c1-5-10(11-12-8-9(4)13-11)14-18(16,17)15(6-2)7-3/h8,10,14H,5-7H2,1-4H3,(H,12,13). The normalized spacial score (nSPS) is 14.1. The van der Waals surface area contributed by atoms with E-state index in [4.69, 9.17) is 0 Å². The third-order valence-corrected chi connectivity index (χ3v) is 4.58. The van der Waals surface area contributed by atoms with Crippen molar-refractivity contribution >= 4 is 10.2 Å². The van der Waals surface area contributed by atoms with Gasteiger partial charge in [0.1, 0.15) is 5.82 Å². The maximum atomic E-state index is 12.1. The molecule has 0 aromatic carbocycles. The number of aryl methyl sites for hydroxylation is 1. The highest BCUT2D eigenvalue weighted by molar-refractivity contribution is 7.87. The second-order valence-corrected chi connectivity index (χ2v) is 5.82. The Morgan fingerprint density at radius 1 is 1.39 bits per heavy atom. The van der Waals surface area contributed by atoms with Gasteiger partial charge in [-0.05, 0) is 13.3 Å². The number of aromatic amines is 1. The lowest BCUT2D eigenvalue weighted by Crippen LogP contribution is -2.42. The van der Waals surface area contributed by atoms with Gasteiger partial charge in [0.2, 0.25) is 0 Å². The first-order valence-electron chi connectivity index (χ1n) is 6.23. The zero-order chi connectivity index (χ0) is 13.8. The Bertz CT molecular complexity index is 465. The molecule has 0 radical (unpaired) electrons. The number of nitrogens with zero attached hydrogens (tertiary/aromatic N) is 2. The summed E-state index contributed by atoms with van der Waals surface area (Å²) in [5, 5.41) is 0. The van der Waals surface area contributed by atoms with E-state index in [2.05, 4.69) is 14.7 Å². The molecule has 0 fully saturated rings. The van der Waals surface area contributed by atoms with E-state index in [0.29, 0.717) is 25.3 Å². The largest absolute Gasteiger partial charge is 0.345 e. The van der Waals surface area contributed by atoms with E-state index < -0.39 is 10.2 Å². The van der Waals surface area contributed by atoms with Crippen molar-refractivity contribution in [3.05, 3.63) is 17.7 Å². The van der Waals surface area contributed by atoms with Gasteiger partial charge in [-0.15, -0.1) is 0 Å². The molecular weight excluding hydrogens is 252 g/mol. The van der Waals surface area contributed by atoms with Gasteiger partial charge in [0.25, 0.3) is 10.2 Å². The quantitative estimate of drug-likeness (QED) is 0.787. The van der Waals surface area contributed by atoms with Crippen molar-refractivity contribution in [2.75, 3.05) is 13.1 Å². The molecule has 1 unspecified atom stereocenters. The first-order chi connectivity index (χ1) is 8.44. The van der Waals surface area contributed by atoms with Gasteiger partial charge in [-0.1, -0.05) is 20.8 Å². The molecular formula is C11H22N4O2S. The molecule has 0 aliphatic carbocycles. The van der Waals surface area contributed by atoms with E-state index >= 15 is 0 Å². The molecule has 1 heterocycles. The number of hydrogen-bond acceptors (Lipinski definition) is 3. The molecule has 0 spiro atoms. The molecule has 1 aromatic heterocycles. The summed E-state index contributed by atoms with van der Waals surface area (Å²) in [4.78, 5) is 7.25. The van der Waals surface area contributed by atoms with Crippen molar-refractivity contribution < 1.29 is 8.42 Å². The van der Waals surface area contributed by atoms with Crippen LogP contribution in [0.5, 0.6) is 0 Å². The molecule has 1 rings (SSSR count). The Morgan fingerprint density at radius 3 is 2.39 bits per heavy atom. The van der Waals surface area contributed by atoms with Gasteiger partial charge in [0, 0.05) is 25.0 Å². The highest BCUT2D eigenvalue weighted by atomic mass is 32.2. The summed E-state index contributed by atoms with van der Waals surface area (Å²) in [5.74, 6) is 0.658. The second-order valence-electron chi connectivity index (χ2n) is 4.12. The fraction of sp³-hybridized carbons (Fsp3) is 0.727. The summed E-state index contributed by atoms with van der Waals surface area (Å²) in [5.41, 5.74) is 0.922. The number of aromatic nitrogens is 2. The maximum Gasteiger partial charge on any atom is 0.280 e. The van der Waals surface area contributed by atoms with Crippen molar-refractivity contribution in [1.29, 1.82) is 0 Å². The van der Waals surface area contributed by atoms with Crippen molar-refractivity contribution in [1.82, 2.24) is 19.0 Å². The number of nitrogens with one attached hydrogen (secondary N) is 2. The SMILES string of the molecule is CCC(NS(=O)(=O)N(CC)CC)c1ncc(C)[nH]1. The predicted molar refractivity (Wildman–Crippen MR) is 71.3 cm³/mol. The fourth-order valence-electron chi connectivity index (χ4n) is 1.76. The van der Waals surface area contributed by atoms with E-state index in [0.717, 1.165) is 5.69 Å². The average molecular weight is 274 g/mol. The summed E-state index contributed by atoms with van der Waals surface area (Å²) in [6.45, 7) is 8.37. The Balaban J connectivity index is 2.86. The molecule has 0 bridgehead atoms. The van der Waals surface area contributed by atoms with Crippen LogP contribution in [0.1, 0.15) is 44.8 Å². The monoisotopic (exact) mass is 274 g/mol. The lowest BCUT2D eigenvalue weighted by molar-refractivity contribution is 0.422. The number of rotatable bonds is 7. The third kappa shape index (κ3) is 3.54. The van der Waals surface area contributed by atoms with Crippen LogP contribution in [-0.4, -0.2) is 35.8 Å². The van der Waals surface area contributed by atoms with Gasteiger partial charge in [-0.2, -0.15) is 17.4 Å². The van der Waals surface area contributed by atoms with Gasteiger partial charge in [-0.3, -0.25) is 0 Å². The Morgan fingerprint density at radius 2 is 2.00 bits per heavy atom. The highest BCUT2D eigenvalue weighted by Crippen LogP contribution is 2.15. The summed E-state index contributed by atoms with van der Waals surface area (Å²) in [7, 11) is -3.45. The van der Waals surface area contributed by atoms with E-state index in [1.54, 1.807) is 6.20 Å². The van der Waals surface area contributed by atoms with Crippen LogP contribution >= 0.6 is 0 Å². The predicted octanol–water partition coefficient (Wildman–Crippen LogP) is 1.35. The summed E-state index contributed by atoms with van der Waals surface area (Å²) in [6.07, 6.45) is 2.34. The van der Waals surface area contributed by atoms with Crippen molar-refractivity contribution in [3.8, 4) is 0 Å². The molecule has 7 heteroatoms. The van der Waals surface area contributed by atoms with E-state index in [1.807, 2.05) is 27.7 Å². The van der Waals surface area contributed by atoms with Crippen LogP contribution < -0.4 is 4.72 Å². The van der Waals surface area contributed by atoms with Gasteiger partial charge in [0.05, 0.1) is 6.04 Å².